The highest BCUT2D eigenvalue weighted by Crippen LogP contribution is 1.83. The topological polar surface area (TPSA) is 12.0 Å². The predicted octanol–water partition coefficient (Wildman–Crippen LogP) is 0.737. The second-order valence-corrected chi connectivity index (χ2v) is 1.83. The average Bonchev–Trinajstić information content (AvgIpc) is 1.83. The molecule has 1 N–H and O–H groups in total. The molecule has 0 amide bonds. The SMILES string of the molecule is [B]C[C@H](C)NCC=C. The Kier molecular flexibility index (Phi) is 4.77. The van der Waals surface area contributed by atoms with Crippen LogP contribution in [-0.4, -0.2) is 20.4 Å². The van der Waals surface area contributed by atoms with Gasteiger partial charge in [-0.05, 0) is 6.04 Å². The van der Waals surface area contributed by atoms with Crippen molar-refractivity contribution in [2.75, 3.05) is 6.54 Å². The van der Waals surface area contributed by atoms with Gasteiger partial charge in [0.05, 0.1) is 7.85 Å². The first kappa shape index (κ1) is 7.76. The molecule has 8 heavy (non-hydrogen) atoms. The summed E-state index contributed by atoms with van der Waals surface area (Å²) in [6, 6.07) is 0.410. The Morgan fingerprint density at radius 3 is 2.88 bits per heavy atom. The van der Waals surface area contributed by atoms with Gasteiger partial charge in [-0.15, -0.1) is 6.58 Å². The van der Waals surface area contributed by atoms with Gasteiger partial charge in [-0.25, -0.2) is 0 Å². The first-order valence-corrected chi connectivity index (χ1v) is 2.85. The standard InChI is InChI=1S/C6H12BN/c1-3-4-8-6(2)5-7/h3,6,8H,1,4-5H2,2H3/t6-/m0/s1. The van der Waals surface area contributed by atoms with Crippen LogP contribution in [0.25, 0.3) is 0 Å². The third-order valence-corrected chi connectivity index (χ3v) is 0.964. The Morgan fingerprint density at radius 1 is 1.88 bits per heavy atom. The lowest BCUT2D eigenvalue weighted by Gasteiger charge is -2.07. The van der Waals surface area contributed by atoms with Gasteiger partial charge in [0.25, 0.3) is 0 Å². The summed E-state index contributed by atoms with van der Waals surface area (Å²) in [6.45, 7) is 6.45. The van der Waals surface area contributed by atoms with E-state index in [9.17, 15) is 0 Å². The lowest BCUT2D eigenvalue weighted by molar-refractivity contribution is 0.632. The summed E-state index contributed by atoms with van der Waals surface area (Å²) in [4.78, 5) is 0. The molecule has 0 aliphatic rings. The zero-order valence-corrected chi connectivity index (χ0v) is 5.35. The van der Waals surface area contributed by atoms with Crippen LogP contribution in [0.5, 0.6) is 0 Å². The molecule has 0 saturated carbocycles. The van der Waals surface area contributed by atoms with Crippen molar-refractivity contribution in [3.05, 3.63) is 12.7 Å². The lowest BCUT2D eigenvalue weighted by atomic mass is 9.99. The van der Waals surface area contributed by atoms with Crippen LogP contribution in [-0.2, 0) is 0 Å². The highest BCUT2D eigenvalue weighted by molar-refractivity contribution is 6.08. The first-order valence-electron chi connectivity index (χ1n) is 2.85. The van der Waals surface area contributed by atoms with Gasteiger partial charge in [0.15, 0.2) is 0 Å². The second kappa shape index (κ2) is 4.91. The third kappa shape index (κ3) is 3.94. The molecule has 0 fully saturated rings. The molecule has 0 spiro atoms. The Balaban J connectivity index is 2.97. The molecule has 2 heteroatoms. The highest BCUT2D eigenvalue weighted by atomic mass is 14.9. The zero-order chi connectivity index (χ0) is 6.41. The summed E-state index contributed by atoms with van der Waals surface area (Å²) in [5, 5.41) is 3.14. The normalized spacial score (nSPS) is 13.1. The molecule has 2 radical (unpaired) electrons. The van der Waals surface area contributed by atoms with Crippen LogP contribution < -0.4 is 5.32 Å². The predicted molar refractivity (Wildman–Crippen MR) is 38.2 cm³/mol. The van der Waals surface area contributed by atoms with Gasteiger partial charge in [-0.3, -0.25) is 0 Å². The maximum Gasteiger partial charge on any atom is 0.0673 e. The summed E-state index contributed by atoms with van der Waals surface area (Å²) in [5.74, 6) is 0. The fourth-order valence-corrected chi connectivity index (χ4v) is 0.368. The van der Waals surface area contributed by atoms with Crippen molar-refractivity contribution in [2.45, 2.75) is 19.3 Å². The average molecular weight is 109 g/mol. The Labute approximate surface area is 52.6 Å². The molecule has 44 valence electrons. The molecule has 0 aromatic carbocycles. The van der Waals surface area contributed by atoms with Gasteiger partial charge in [-0.1, -0.05) is 19.3 Å². The van der Waals surface area contributed by atoms with E-state index in [4.69, 9.17) is 7.85 Å². The van der Waals surface area contributed by atoms with Crippen molar-refractivity contribution >= 4 is 7.85 Å². The van der Waals surface area contributed by atoms with Gasteiger partial charge in [0, 0.05) is 6.54 Å². The van der Waals surface area contributed by atoms with Gasteiger partial charge in [0.1, 0.15) is 0 Å². The van der Waals surface area contributed by atoms with Crippen molar-refractivity contribution < 1.29 is 0 Å². The summed E-state index contributed by atoms with van der Waals surface area (Å²) in [5.41, 5.74) is 0. The minimum atomic E-state index is 0.410. The van der Waals surface area contributed by atoms with Crippen molar-refractivity contribution in [2.24, 2.45) is 0 Å². The minimum Gasteiger partial charge on any atom is -0.312 e. The van der Waals surface area contributed by atoms with E-state index in [0.717, 1.165) is 6.54 Å². The van der Waals surface area contributed by atoms with Crippen LogP contribution in [0.4, 0.5) is 0 Å². The van der Waals surface area contributed by atoms with E-state index in [-0.39, 0.29) is 0 Å². The molecule has 1 nitrogen and oxygen atoms in total. The van der Waals surface area contributed by atoms with E-state index >= 15 is 0 Å². The fourth-order valence-electron chi connectivity index (χ4n) is 0.368. The second-order valence-electron chi connectivity index (χ2n) is 1.83. The lowest BCUT2D eigenvalue weighted by Crippen LogP contribution is -2.25. The fraction of sp³-hybridized carbons (Fsp3) is 0.667. The number of hydrogen-bond donors (Lipinski definition) is 1. The van der Waals surface area contributed by atoms with E-state index in [1.807, 2.05) is 13.0 Å². The summed E-state index contributed by atoms with van der Waals surface area (Å²) < 4.78 is 0. The molecule has 0 aliphatic heterocycles. The van der Waals surface area contributed by atoms with Gasteiger partial charge in [-0.2, -0.15) is 0 Å². The summed E-state index contributed by atoms with van der Waals surface area (Å²) in [7, 11) is 5.32. The van der Waals surface area contributed by atoms with E-state index in [2.05, 4.69) is 11.9 Å². The quantitative estimate of drug-likeness (QED) is 0.414. The number of nitrogens with one attached hydrogen (secondary N) is 1. The van der Waals surface area contributed by atoms with Crippen molar-refractivity contribution in [3.8, 4) is 0 Å². The highest BCUT2D eigenvalue weighted by Gasteiger charge is 1.90. The molecule has 0 aromatic heterocycles. The van der Waals surface area contributed by atoms with Gasteiger partial charge >= 0.3 is 0 Å². The molecule has 1 atom stereocenters. The number of hydrogen-bond acceptors (Lipinski definition) is 1. The van der Waals surface area contributed by atoms with E-state index in [1.54, 1.807) is 0 Å². The minimum absolute atomic E-state index is 0.410. The molecular weight excluding hydrogens is 96.9 g/mol. The van der Waals surface area contributed by atoms with Crippen LogP contribution in [0.3, 0.4) is 0 Å². The molecule has 0 heterocycles. The van der Waals surface area contributed by atoms with Crippen LogP contribution in [0.15, 0.2) is 12.7 Å². The van der Waals surface area contributed by atoms with E-state index in [1.165, 1.54) is 0 Å². The molecular formula is C6H12BN. The van der Waals surface area contributed by atoms with Crippen molar-refractivity contribution in [3.63, 3.8) is 0 Å². The zero-order valence-electron chi connectivity index (χ0n) is 5.35. The summed E-state index contributed by atoms with van der Waals surface area (Å²) >= 11 is 0. The number of rotatable bonds is 4. The van der Waals surface area contributed by atoms with Crippen LogP contribution in [0.1, 0.15) is 6.92 Å². The molecule has 0 saturated heterocycles. The van der Waals surface area contributed by atoms with Crippen LogP contribution in [0, 0.1) is 0 Å². The Bertz CT molecular complexity index is 63.5. The Morgan fingerprint density at radius 2 is 2.50 bits per heavy atom. The molecule has 0 bridgehead atoms. The van der Waals surface area contributed by atoms with E-state index < -0.39 is 0 Å². The van der Waals surface area contributed by atoms with E-state index in [0.29, 0.717) is 12.4 Å². The maximum atomic E-state index is 5.32. The largest absolute Gasteiger partial charge is 0.312 e. The first-order chi connectivity index (χ1) is 3.81. The smallest absolute Gasteiger partial charge is 0.0673 e. The maximum absolute atomic E-state index is 5.32. The molecule has 0 unspecified atom stereocenters. The molecule has 0 aromatic rings. The van der Waals surface area contributed by atoms with Crippen molar-refractivity contribution in [1.29, 1.82) is 0 Å². The summed E-state index contributed by atoms with van der Waals surface area (Å²) in [6.07, 6.45) is 2.51. The van der Waals surface area contributed by atoms with Crippen LogP contribution in [0.2, 0.25) is 6.32 Å². The van der Waals surface area contributed by atoms with Crippen molar-refractivity contribution in [1.82, 2.24) is 5.32 Å². The Hall–Kier alpha value is -0.235. The molecule has 0 aliphatic carbocycles. The molecule has 0 rings (SSSR count). The van der Waals surface area contributed by atoms with Gasteiger partial charge < -0.3 is 5.32 Å². The van der Waals surface area contributed by atoms with Crippen LogP contribution >= 0.6 is 0 Å². The monoisotopic (exact) mass is 109 g/mol. The van der Waals surface area contributed by atoms with Gasteiger partial charge in [0.2, 0.25) is 0 Å². The third-order valence-electron chi connectivity index (χ3n) is 0.964.